The molecule has 0 radical (unpaired) electrons. The fraction of sp³-hybridized carbons (Fsp3) is 0.700. The van der Waals surface area contributed by atoms with Gasteiger partial charge in [-0.1, -0.05) is 13.8 Å². The van der Waals surface area contributed by atoms with E-state index in [-0.39, 0.29) is 12.0 Å². The Balaban J connectivity index is 2.54. The summed E-state index contributed by atoms with van der Waals surface area (Å²) in [6.45, 7) is 4.93. The van der Waals surface area contributed by atoms with Crippen molar-refractivity contribution in [1.29, 1.82) is 0 Å². The van der Waals surface area contributed by atoms with Crippen LogP contribution in [-0.2, 0) is 10.8 Å². The van der Waals surface area contributed by atoms with E-state index in [9.17, 15) is 4.21 Å². The van der Waals surface area contributed by atoms with Crippen LogP contribution in [-0.4, -0.2) is 43.8 Å². The summed E-state index contributed by atoms with van der Waals surface area (Å²) in [7, 11) is -0.812. The van der Waals surface area contributed by atoms with Crippen molar-refractivity contribution >= 4 is 22.7 Å². The quantitative estimate of drug-likeness (QED) is 0.707. The van der Waals surface area contributed by atoms with Crippen molar-refractivity contribution in [3.05, 3.63) is 0 Å². The Morgan fingerprint density at radius 1 is 1.33 bits per heavy atom. The van der Waals surface area contributed by atoms with E-state index in [1.807, 2.05) is 13.8 Å². The van der Waals surface area contributed by atoms with E-state index >= 15 is 0 Å². The van der Waals surface area contributed by atoms with Gasteiger partial charge in [0, 0.05) is 28.9 Å². The minimum atomic E-state index is -0.812. The lowest BCUT2D eigenvalue weighted by Crippen LogP contribution is -2.15. The van der Waals surface area contributed by atoms with Crippen LogP contribution in [0.5, 0.6) is 6.01 Å². The molecule has 1 unspecified atom stereocenters. The molecule has 0 saturated heterocycles. The molecule has 3 N–H and O–H groups in total. The third-order valence-electron chi connectivity index (χ3n) is 2.00. The zero-order valence-electron chi connectivity index (χ0n) is 10.7. The first-order chi connectivity index (χ1) is 8.65. The predicted molar refractivity (Wildman–Crippen MR) is 72.1 cm³/mol. The second kappa shape index (κ2) is 7.80. The Labute approximate surface area is 109 Å². The van der Waals surface area contributed by atoms with Crippen molar-refractivity contribution in [2.45, 2.75) is 20.3 Å². The van der Waals surface area contributed by atoms with Gasteiger partial charge in [-0.15, -0.1) is 0 Å². The van der Waals surface area contributed by atoms with Crippen LogP contribution in [0.1, 0.15) is 20.3 Å². The summed E-state index contributed by atoms with van der Waals surface area (Å²) in [4.78, 5) is 11.9. The Hall–Kier alpha value is -1.44. The average Bonchev–Trinajstić information content (AvgIpc) is 2.35. The molecule has 8 heteroatoms. The first-order valence-corrected chi connectivity index (χ1v) is 7.37. The molecule has 1 aromatic heterocycles. The van der Waals surface area contributed by atoms with E-state index in [1.165, 1.54) is 0 Å². The van der Waals surface area contributed by atoms with Gasteiger partial charge in [-0.25, -0.2) is 0 Å². The molecule has 0 aliphatic carbocycles. The number of aromatic nitrogens is 3. The molecule has 0 fully saturated rings. The molecule has 0 amide bonds. The number of nitrogens with zero attached hydrogens (tertiary/aromatic N) is 3. The van der Waals surface area contributed by atoms with Crippen LogP contribution >= 0.6 is 0 Å². The normalized spacial score (nSPS) is 12.1. The summed E-state index contributed by atoms with van der Waals surface area (Å²) in [6.07, 6.45) is 0.865. The highest BCUT2D eigenvalue weighted by Gasteiger charge is 2.05. The third-order valence-corrected chi connectivity index (χ3v) is 3.31. The molecule has 0 aromatic carbocycles. The third kappa shape index (κ3) is 5.26. The molecule has 7 nitrogen and oxygen atoms in total. The Kier molecular flexibility index (Phi) is 6.34. The molecule has 0 aliphatic heterocycles. The van der Waals surface area contributed by atoms with Crippen molar-refractivity contribution < 1.29 is 8.95 Å². The Morgan fingerprint density at radius 2 is 2.11 bits per heavy atom. The molecule has 1 rings (SSSR count). The van der Waals surface area contributed by atoms with E-state index < -0.39 is 10.8 Å². The number of nitrogens with two attached hydrogens (primary N) is 1. The molecular formula is C10H19N5O2S. The molecule has 0 bridgehead atoms. The molecule has 1 atom stereocenters. The number of anilines is 2. The maximum atomic E-state index is 11.2. The van der Waals surface area contributed by atoms with Gasteiger partial charge < -0.3 is 15.8 Å². The summed E-state index contributed by atoms with van der Waals surface area (Å²) in [5.41, 5.74) is 5.55. The van der Waals surface area contributed by atoms with Gasteiger partial charge in [0.25, 0.3) is 0 Å². The van der Waals surface area contributed by atoms with Crippen molar-refractivity contribution in [1.82, 2.24) is 15.0 Å². The highest BCUT2D eigenvalue weighted by molar-refractivity contribution is 7.84. The van der Waals surface area contributed by atoms with Crippen LogP contribution in [0.25, 0.3) is 0 Å². The summed E-state index contributed by atoms with van der Waals surface area (Å²) in [5.74, 6) is 1.65. The number of nitrogen functional groups attached to an aromatic ring is 1. The standard InChI is InChI=1S/C10H19N5O2S/c1-3-6-17-10-14-8(11)13-9(15-10)12-5-7-18(16)4-2/h3-7H2,1-2H3,(H3,11,12,13,14,15). The van der Waals surface area contributed by atoms with E-state index in [1.54, 1.807) is 0 Å². The number of ether oxygens (including phenoxy) is 1. The van der Waals surface area contributed by atoms with Crippen molar-refractivity contribution in [2.24, 2.45) is 0 Å². The van der Waals surface area contributed by atoms with Crippen LogP contribution in [0.2, 0.25) is 0 Å². The number of hydrogen-bond acceptors (Lipinski definition) is 7. The molecule has 0 spiro atoms. The smallest absolute Gasteiger partial charge is 0.323 e. The van der Waals surface area contributed by atoms with E-state index in [4.69, 9.17) is 10.5 Å². The lowest BCUT2D eigenvalue weighted by Gasteiger charge is -2.07. The van der Waals surface area contributed by atoms with Gasteiger partial charge >= 0.3 is 6.01 Å². The largest absolute Gasteiger partial charge is 0.463 e. The minimum absolute atomic E-state index is 0.107. The summed E-state index contributed by atoms with van der Waals surface area (Å²) in [5, 5.41) is 2.95. The zero-order chi connectivity index (χ0) is 13.4. The van der Waals surface area contributed by atoms with Gasteiger partial charge in [-0.3, -0.25) is 4.21 Å². The topological polar surface area (TPSA) is 103 Å². The minimum Gasteiger partial charge on any atom is -0.463 e. The molecule has 0 saturated carbocycles. The molecule has 102 valence electrons. The van der Waals surface area contributed by atoms with Crippen molar-refractivity contribution in [3.63, 3.8) is 0 Å². The number of rotatable bonds is 8. The molecule has 1 aromatic rings. The van der Waals surface area contributed by atoms with Gasteiger partial charge in [-0.05, 0) is 6.42 Å². The first kappa shape index (κ1) is 14.6. The van der Waals surface area contributed by atoms with Crippen molar-refractivity contribution in [3.8, 4) is 6.01 Å². The fourth-order valence-electron chi connectivity index (χ4n) is 1.13. The lowest BCUT2D eigenvalue weighted by atomic mass is 10.5. The highest BCUT2D eigenvalue weighted by Crippen LogP contribution is 2.08. The maximum absolute atomic E-state index is 11.2. The summed E-state index contributed by atoms with van der Waals surface area (Å²) in [6, 6.07) is 0.212. The van der Waals surface area contributed by atoms with Crippen LogP contribution < -0.4 is 15.8 Å². The molecule has 1 heterocycles. The lowest BCUT2D eigenvalue weighted by molar-refractivity contribution is 0.292. The monoisotopic (exact) mass is 273 g/mol. The van der Waals surface area contributed by atoms with E-state index in [2.05, 4.69) is 20.3 Å². The number of hydrogen-bond donors (Lipinski definition) is 2. The second-order valence-electron chi connectivity index (χ2n) is 3.51. The SMILES string of the molecule is CCCOc1nc(N)nc(NCCS(=O)CC)n1. The van der Waals surface area contributed by atoms with Gasteiger partial charge in [0.05, 0.1) is 6.61 Å². The van der Waals surface area contributed by atoms with Gasteiger partial charge in [0.2, 0.25) is 11.9 Å². The first-order valence-electron chi connectivity index (χ1n) is 5.88. The van der Waals surface area contributed by atoms with Crippen LogP contribution in [0, 0.1) is 0 Å². The summed E-state index contributed by atoms with van der Waals surface area (Å²) >= 11 is 0. The molecular weight excluding hydrogens is 254 g/mol. The highest BCUT2D eigenvalue weighted by atomic mass is 32.2. The fourth-order valence-corrected chi connectivity index (χ4v) is 1.75. The zero-order valence-corrected chi connectivity index (χ0v) is 11.5. The maximum Gasteiger partial charge on any atom is 0.323 e. The molecule has 18 heavy (non-hydrogen) atoms. The average molecular weight is 273 g/mol. The Morgan fingerprint density at radius 3 is 2.78 bits per heavy atom. The van der Waals surface area contributed by atoms with Gasteiger partial charge in [0.1, 0.15) is 0 Å². The van der Waals surface area contributed by atoms with Crippen LogP contribution in [0.4, 0.5) is 11.9 Å². The van der Waals surface area contributed by atoms with Gasteiger partial charge in [-0.2, -0.15) is 15.0 Å². The van der Waals surface area contributed by atoms with E-state index in [0.29, 0.717) is 30.6 Å². The summed E-state index contributed by atoms with van der Waals surface area (Å²) < 4.78 is 16.5. The van der Waals surface area contributed by atoms with Gasteiger partial charge in [0.15, 0.2) is 0 Å². The Bertz CT molecular complexity index is 402. The second-order valence-corrected chi connectivity index (χ2v) is 5.37. The molecule has 0 aliphatic rings. The van der Waals surface area contributed by atoms with E-state index in [0.717, 1.165) is 6.42 Å². The predicted octanol–water partition coefficient (Wildman–Crippen LogP) is 0.423. The van der Waals surface area contributed by atoms with Crippen molar-refractivity contribution in [2.75, 3.05) is 35.7 Å². The number of nitrogens with one attached hydrogen (secondary N) is 1. The van der Waals surface area contributed by atoms with Crippen LogP contribution in [0.3, 0.4) is 0 Å². The van der Waals surface area contributed by atoms with Crippen LogP contribution in [0.15, 0.2) is 0 Å².